The van der Waals surface area contributed by atoms with Crippen molar-refractivity contribution in [1.29, 1.82) is 0 Å². The standard InChI is InChI=1S/4C20H42O.Ti/c4*1-2-3-4-5-6-7-8-9-10-11-12-13-14-15-16-17-18-19-20-21;/h4*21H,2-20H2,1H3;. The average molecular weight is 1240 g/mol. The Bertz CT molecular complexity index is 757. The molecule has 0 aliphatic heterocycles. The monoisotopic (exact) mass is 1240 g/mol. The van der Waals surface area contributed by atoms with E-state index in [1.54, 1.807) is 0 Å². The predicted molar refractivity (Wildman–Crippen MR) is 383 cm³/mol. The number of rotatable bonds is 72. The molecule has 0 bridgehead atoms. The van der Waals surface area contributed by atoms with Crippen LogP contribution in [0.2, 0.25) is 0 Å². The molecule has 0 aliphatic carbocycles. The van der Waals surface area contributed by atoms with Gasteiger partial charge < -0.3 is 20.4 Å². The Hall–Kier alpha value is 0.554. The maximum atomic E-state index is 8.69. The van der Waals surface area contributed by atoms with Gasteiger partial charge in [0, 0.05) is 48.1 Å². The first kappa shape index (κ1) is 94.3. The molecule has 4 nitrogen and oxygen atoms in total. The Balaban J connectivity index is -0.000000333. The van der Waals surface area contributed by atoms with Crippen molar-refractivity contribution in [3.63, 3.8) is 0 Å². The number of aliphatic hydroxyl groups is 4. The number of hydrogen-bond acceptors (Lipinski definition) is 4. The minimum atomic E-state index is 0. The quantitative estimate of drug-likeness (QED) is 0.0361. The summed E-state index contributed by atoms with van der Waals surface area (Å²) in [5.41, 5.74) is 0. The molecular weight excluding hydrogens is 1070 g/mol. The summed E-state index contributed by atoms with van der Waals surface area (Å²) in [6.07, 6.45) is 101. The van der Waals surface area contributed by atoms with E-state index in [0.29, 0.717) is 26.4 Å². The van der Waals surface area contributed by atoms with Gasteiger partial charge in [-0.3, -0.25) is 0 Å². The molecular formula is C80H168O4Ti. The van der Waals surface area contributed by atoms with Gasteiger partial charge in [-0.15, -0.1) is 0 Å². The summed E-state index contributed by atoms with van der Waals surface area (Å²) >= 11 is 0. The summed E-state index contributed by atoms with van der Waals surface area (Å²) < 4.78 is 0. The third kappa shape index (κ3) is 109. The van der Waals surface area contributed by atoms with Gasteiger partial charge >= 0.3 is 0 Å². The molecule has 4 N–H and O–H groups in total. The normalized spacial score (nSPS) is 11.0. The van der Waals surface area contributed by atoms with Gasteiger partial charge in [0.1, 0.15) is 0 Å². The number of unbranched alkanes of at least 4 members (excludes halogenated alkanes) is 68. The first-order valence-corrected chi connectivity index (χ1v) is 40.1. The van der Waals surface area contributed by atoms with Crippen LogP contribution in [0.4, 0.5) is 0 Å². The van der Waals surface area contributed by atoms with Crippen LogP contribution in [0.5, 0.6) is 0 Å². The second kappa shape index (κ2) is 101. The maximum Gasteiger partial charge on any atom is 0.0431 e. The van der Waals surface area contributed by atoms with Crippen LogP contribution in [-0.4, -0.2) is 46.9 Å². The Kier molecular flexibility index (Phi) is 112. The van der Waals surface area contributed by atoms with Crippen LogP contribution in [-0.2, 0) is 21.7 Å². The van der Waals surface area contributed by atoms with Crippen LogP contribution in [0.25, 0.3) is 0 Å². The molecule has 0 aromatic heterocycles. The zero-order chi connectivity index (χ0) is 61.7. The third-order valence-corrected chi connectivity index (χ3v) is 18.0. The van der Waals surface area contributed by atoms with Gasteiger partial charge in [-0.25, -0.2) is 0 Å². The molecule has 5 heteroatoms. The zero-order valence-corrected chi connectivity index (χ0v) is 61.6. The molecule has 0 amide bonds. The molecule has 0 spiro atoms. The summed E-state index contributed by atoms with van der Waals surface area (Å²) in [6.45, 7) is 10.7. The summed E-state index contributed by atoms with van der Waals surface area (Å²) in [5.74, 6) is 0. The first-order chi connectivity index (χ1) is 41.7. The van der Waals surface area contributed by atoms with E-state index < -0.39 is 0 Å². The Labute approximate surface area is 555 Å². The van der Waals surface area contributed by atoms with Crippen molar-refractivity contribution in [3.05, 3.63) is 0 Å². The topological polar surface area (TPSA) is 80.9 Å². The SMILES string of the molecule is CCCCCCCCCCCCCCCCCCCCO.CCCCCCCCCCCCCCCCCCCCO.CCCCCCCCCCCCCCCCCCCCO.CCCCCCCCCCCCCCCCCCCCO.[Ti]. The molecule has 0 heterocycles. The molecule has 0 rings (SSSR count). The molecule has 85 heavy (non-hydrogen) atoms. The number of aliphatic hydroxyl groups excluding tert-OH is 4. The second-order valence-electron chi connectivity index (χ2n) is 26.9. The van der Waals surface area contributed by atoms with Crippen LogP contribution >= 0.6 is 0 Å². The van der Waals surface area contributed by atoms with Gasteiger partial charge in [0.25, 0.3) is 0 Å². The van der Waals surface area contributed by atoms with Crippen molar-refractivity contribution in [2.75, 3.05) is 26.4 Å². The van der Waals surface area contributed by atoms with Crippen molar-refractivity contribution in [2.45, 2.75) is 490 Å². The van der Waals surface area contributed by atoms with Crippen molar-refractivity contribution < 1.29 is 42.1 Å². The minimum Gasteiger partial charge on any atom is -0.396 e. The zero-order valence-electron chi connectivity index (χ0n) is 60.0. The average Bonchev–Trinajstić information content (AvgIpc) is 3.50. The molecule has 516 valence electrons. The van der Waals surface area contributed by atoms with Crippen LogP contribution in [0.15, 0.2) is 0 Å². The fourth-order valence-corrected chi connectivity index (χ4v) is 12.1. The van der Waals surface area contributed by atoms with E-state index in [4.69, 9.17) is 20.4 Å². The molecule has 0 saturated carbocycles. The Morgan fingerprint density at radius 3 is 0.224 bits per heavy atom. The molecule has 0 fully saturated rings. The van der Waals surface area contributed by atoms with Crippen molar-refractivity contribution in [3.8, 4) is 0 Å². The smallest absolute Gasteiger partial charge is 0.0431 e. The molecule has 0 radical (unpaired) electrons. The van der Waals surface area contributed by atoms with E-state index in [9.17, 15) is 0 Å². The Morgan fingerprint density at radius 2 is 0.165 bits per heavy atom. The van der Waals surface area contributed by atoms with E-state index >= 15 is 0 Å². The van der Waals surface area contributed by atoms with Gasteiger partial charge in [0.2, 0.25) is 0 Å². The summed E-state index contributed by atoms with van der Waals surface area (Å²) in [4.78, 5) is 0. The first-order valence-electron chi connectivity index (χ1n) is 40.1. The number of hydrogen-bond donors (Lipinski definition) is 4. The fraction of sp³-hybridized carbons (Fsp3) is 1.00. The van der Waals surface area contributed by atoms with E-state index in [-0.39, 0.29) is 21.7 Å². The van der Waals surface area contributed by atoms with E-state index in [2.05, 4.69) is 27.7 Å². The van der Waals surface area contributed by atoms with Crippen LogP contribution in [0.3, 0.4) is 0 Å². The van der Waals surface area contributed by atoms with Crippen LogP contribution < -0.4 is 0 Å². The molecule has 0 unspecified atom stereocenters. The fourth-order valence-electron chi connectivity index (χ4n) is 12.1. The van der Waals surface area contributed by atoms with Crippen molar-refractivity contribution in [2.24, 2.45) is 0 Å². The van der Waals surface area contributed by atoms with Crippen LogP contribution in [0.1, 0.15) is 490 Å². The van der Waals surface area contributed by atoms with Crippen molar-refractivity contribution in [1.82, 2.24) is 0 Å². The van der Waals surface area contributed by atoms with E-state index in [0.717, 1.165) is 25.7 Å². The second-order valence-corrected chi connectivity index (χ2v) is 26.9. The summed E-state index contributed by atoms with van der Waals surface area (Å²) in [6, 6.07) is 0. The summed E-state index contributed by atoms with van der Waals surface area (Å²) in [7, 11) is 0. The van der Waals surface area contributed by atoms with Gasteiger partial charge in [-0.05, 0) is 25.7 Å². The molecule has 0 saturated heterocycles. The maximum absolute atomic E-state index is 8.69. The van der Waals surface area contributed by atoms with Gasteiger partial charge in [-0.1, -0.05) is 464 Å². The van der Waals surface area contributed by atoms with Crippen molar-refractivity contribution >= 4 is 0 Å². The molecule has 0 aromatic rings. The largest absolute Gasteiger partial charge is 0.396 e. The molecule has 0 atom stereocenters. The van der Waals surface area contributed by atoms with E-state index in [1.165, 1.54) is 437 Å². The van der Waals surface area contributed by atoms with Gasteiger partial charge in [0.15, 0.2) is 0 Å². The van der Waals surface area contributed by atoms with Crippen LogP contribution in [0, 0.1) is 0 Å². The Morgan fingerprint density at radius 1 is 0.106 bits per heavy atom. The minimum absolute atomic E-state index is 0. The third-order valence-electron chi connectivity index (χ3n) is 18.0. The van der Waals surface area contributed by atoms with E-state index in [1.807, 2.05) is 0 Å². The molecule has 0 aromatic carbocycles. The predicted octanol–water partition coefficient (Wildman–Crippen LogP) is 28.1. The summed E-state index contributed by atoms with van der Waals surface area (Å²) in [5, 5.41) is 34.8. The van der Waals surface area contributed by atoms with Gasteiger partial charge in [-0.2, -0.15) is 0 Å². The molecule has 0 aliphatic rings. The van der Waals surface area contributed by atoms with Gasteiger partial charge in [0.05, 0.1) is 0 Å².